The predicted octanol–water partition coefficient (Wildman–Crippen LogP) is 1.48. The molecule has 1 aliphatic rings. The first-order valence-electron chi connectivity index (χ1n) is 5.91. The van der Waals surface area contributed by atoms with Crippen molar-refractivity contribution in [3.05, 3.63) is 29.8 Å². The number of hydrazine groups is 1. The Labute approximate surface area is 102 Å². The van der Waals surface area contributed by atoms with Crippen LogP contribution in [0.25, 0.3) is 0 Å². The van der Waals surface area contributed by atoms with Crippen molar-refractivity contribution in [2.45, 2.75) is 25.8 Å². The number of nitrogens with one attached hydrogen (secondary N) is 1. The molecule has 0 bridgehead atoms. The van der Waals surface area contributed by atoms with Crippen molar-refractivity contribution in [1.82, 2.24) is 5.43 Å². The predicted molar refractivity (Wildman–Crippen MR) is 68.3 cm³/mol. The molecule has 0 amide bonds. The first-order valence-corrected chi connectivity index (χ1v) is 5.91. The minimum absolute atomic E-state index is 0.191. The molecule has 1 aromatic rings. The average molecular weight is 230 g/mol. The maximum atomic E-state index is 5.76. The van der Waals surface area contributed by atoms with Crippen LogP contribution >= 0.6 is 0 Å². The van der Waals surface area contributed by atoms with Gasteiger partial charge in [-0.3, -0.25) is 11.3 Å². The number of rotatable bonds is 3. The first-order chi connectivity index (χ1) is 8.35. The summed E-state index contributed by atoms with van der Waals surface area (Å²) in [6.45, 7) is 2.55. The maximum absolute atomic E-state index is 5.76. The zero-order chi connectivity index (χ0) is 12.1. The van der Waals surface area contributed by atoms with Crippen molar-refractivity contribution in [3.8, 4) is 17.6 Å². The van der Waals surface area contributed by atoms with E-state index in [0.29, 0.717) is 12.5 Å². The van der Waals surface area contributed by atoms with E-state index in [1.807, 2.05) is 25.1 Å². The molecule has 0 saturated carbocycles. The van der Waals surface area contributed by atoms with Gasteiger partial charge in [0, 0.05) is 18.4 Å². The highest BCUT2D eigenvalue weighted by Crippen LogP contribution is 2.28. The summed E-state index contributed by atoms with van der Waals surface area (Å²) in [7, 11) is 0. The van der Waals surface area contributed by atoms with E-state index in [4.69, 9.17) is 10.6 Å². The number of fused-ring (bicyclic) bond motifs is 1. The number of hydrogen-bond acceptors (Lipinski definition) is 3. The lowest BCUT2D eigenvalue weighted by atomic mass is 9.89. The minimum Gasteiger partial charge on any atom is -0.493 e. The van der Waals surface area contributed by atoms with Crippen molar-refractivity contribution in [3.63, 3.8) is 0 Å². The van der Waals surface area contributed by atoms with Crippen LogP contribution in [0.3, 0.4) is 0 Å². The third kappa shape index (κ3) is 2.79. The molecular formula is C14H18N2O. The number of ether oxygens (including phenoxy) is 1. The molecule has 90 valence electrons. The monoisotopic (exact) mass is 230 g/mol. The molecule has 17 heavy (non-hydrogen) atoms. The fourth-order valence-electron chi connectivity index (χ4n) is 2.18. The Morgan fingerprint density at radius 2 is 2.35 bits per heavy atom. The van der Waals surface area contributed by atoms with Crippen LogP contribution in [0.1, 0.15) is 18.9 Å². The fourth-order valence-corrected chi connectivity index (χ4v) is 2.18. The standard InChI is InChI=1S/C14H18N2O/c1-2-3-7-13(16-15)12-9-11-6-4-5-8-14(11)17-10-12/h4-6,8,12-13,16H,7,9-10,15H2,1H3. The van der Waals surface area contributed by atoms with Gasteiger partial charge in [-0.2, -0.15) is 0 Å². The smallest absolute Gasteiger partial charge is 0.122 e. The largest absolute Gasteiger partial charge is 0.493 e. The highest BCUT2D eigenvalue weighted by Gasteiger charge is 2.26. The van der Waals surface area contributed by atoms with E-state index in [2.05, 4.69) is 23.3 Å². The Morgan fingerprint density at radius 3 is 3.12 bits per heavy atom. The SMILES string of the molecule is CC#CCC(NN)C1COc2ccccc2C1. The summed E-state index contributed by atoms with van der Waals surface area (Å²) in [6, 6.07) is 8.36. The quantitative estimate of drug-likeness (QED) is 0.470. The molecule has 3 nitrogen and oxygen atoms in total. The molecule has 0 fully saturated rings. The van der Waals surface area contributed by atoms with Gasteiger partial charge in [0.2, 0.25) is 0 Å². The van der Waals surface area contributed by atoms with Crippen LogP contribution in [0.5, 0.6) is 5.75 Å². The molecule has 0 aliphatic carbocycles. The van der Waals surface area contributed by atoms with E-state index in [0.717, 1.165) is 18.6 Å². The summed E-state index contributed by atoms with van der Waals surface area (Å²) in [5.74, 6) is 13.0. The molecule has 2 rings (SSSR count). The highest BCUT2D eigenvalue weighted by molar-refractivity contribution is 5.35. The molecule has 1 heterocycles. The van der Waals surface area contributed by atoms with E-state index in [9.17, 15) is 0 Å². The summed E-state index contributed by atoms with van der Waals surface area (Å²) in [6.07, 6.45) is 1.76. The van der Waals surface area contributed by atoms with Gasteiger partial charge in [-0.05, 0) is 25.0 Å². The van der Waals surface area contributed by atoms with Crippen LogP contribution in [0.15, 0.2) is 24.3 Å². The van der Waals surface area contributed by atoms with Crippen molar-refractivity contribution < 1.29 is 4.74 Å². The highest BCUT2D eigenvalue weighted by atomic mass is 16.5. The normalized spacial score (nSPS) is 19.5. The van der Waals surface area contributed by atoms with Gasteiger partial charge in [0.1, 0.15) is 5.75 Å². The fraction of sp³-hybridized carbons (Fsp3) is 0.429. The van der Waals surface area contributed by atoms with Crippen LogP contribution < -0.4 is 16.0 Å². The van der Waals surface area contributed by atoms with Crippen LogP contribution in [-0.2, 0) is 6.42 Å². The van der Waals surface area contributed by atoms with Crippen molar-refractivity contribution in [1.29, 1.82) is 0 Å². The van der Waals surface area contributed by atoms with Gasteiger partial charge in [-0.15, -0.1) is 11.8 Å². The lowest BCUT2D eigenvalue weighted by Gasteiger charge is -2.30. The molecule has 1 aromatic carbocycles. The third-order valence-electron chi connectivity index (χ3n) is 3.19. The molecule has 2 unspecified atom stereocenters. The Morgan fingerprint density at radius 1 is 1.53 bits per heavy atom. The van der Waals surface area contributed by atoms with E-state index in [1.165, 1.54) is 5.56 Å². The Hall–Kier alpha value is -1.50. The van der Waals surface area contributed by atoms with Crippen LogP contribution in [0.2, 0.25) is 0 Å². The van der Waals surface area contributed by atoms with Gasteiger partial charge < -0.3 is 4.74 Å². The van der Waals surface area contributed by atoms with Crippen molar-refractivity contribution in [2.24, 2.45) is 11.8 Å². The number of hydrogen-bond donors (Lipinski definition) is 2. The second kappa shape index (κ2) is 5.72. The Balaban J connectivity index is 2.07. The first kappa shape index (κ1) is 12.0. The minimum atomic E-state index is 0.191. The lowest BCUT2D eigenvalue weighted by molar-refractivity contribution is 0.185. The molecule has 0 saturated heterocycles. The Bertz CT molecular complexity index is 433. The molecule has 3 N–H and O–H groups in total. The topological polar surface area (TPSA) is 47.3 Å². The molecule has 1 aliphatic heterocycles. The molecule has 0 radical (unpaired) electrons. The van der Waals surface area contributed by atoms with E-state index in [1.54, 1.807) is 0 Å². The average Bonchev–Trinajstić information content (AvgIpc) is 2.39. The third-order valence-corrected chi connectivity index (χ3v) is 3.19. The van der Waals surface area contributed by atoms with Gasteiger partial charge in [-0.25, -0.2) is 0 Å². The maximum Gasteiger partial charge on any atom is 0.122 e. The zero-order valence-electron chi connectivity index (χ0n) is 10.1. The summed E-state index contributed by atoms with van der Waals surface area (Å²) >= 11 is 0. The van der Waals surface area contributed by atoms with E-state index in [-0.39, 0.29) is 6.04 Å². The summed E-state index contributed by atoms with van der Waals surface area (Å²) < 4.78 is 5.76. The van der Waals surface area contributed by atoms with Crippen LogP contribution in [0, 0.1) is 17.8 Å². The number of benzene rings is 1. The number of para-hydroxylation sites is 1. The van der Waals surface area contributed by atoms with Gasteiger partial charge >= 0.3 is 0 Å². The second-order valence-corrected chi connectivity index (χ2v) is 4.29. The van der Waals surface area contributed by atoms with Crippen LogP contribution in [-0.4, -0.2) is 12.6 Å². The van der Waals surface area contributed by atoms with Gasteiger partial charge in [-0.1, -0.05) is 18.2 Å². The molecule has 0 spiro atoms. The second-order valence-electron chi connectivity index (χ2n) is 4.29. The zero-order valence-corrected chi connectivity index (χ0v) is 10.1. The summed E-state index contributed by atoms with van der Waals surface area (Å²) in [5.41, 5.74) is 4.11. The van der Waals surface area contributed by atoms with Gasteiger partial charge in [0.05, 0.1) is 6.61 Å². The van der Waals surface area contributed by atoms with Gasteiger partial charge in [0.25, 0.3) is 0 Å². The summed E-state index contributed by atoms with van der Waals surface area (Å²) in [5, 5.41) is 0. The lowest BCUT2D eigenvalue weighted by Crippen LogP contribution is -2.44. The van der Waals surface area contributed by atoms with E-state index < -0.39 is 0 Å². The molecule has 3 heteroatoms. The number of nitrogens with two attached hydrogens (primary N) is 1. The molecule has 2 atom stereocenters. The molecular weight excluding hydrogens is 212 g/mol. The van der Waals surface area contributed by atoms with E-state index >= 15 is 0 Å². The molecule has 0 aromatic heterocycles. The Kier molecular flexibility index (Phi) is 4.03. The summed E-state index contributed by atoms with van der Waals surface area (Å²) in [4.78, 5) is 0. The van der Waals surface area contributed by atoms with Crippen molar-refractivity contribution in [2.75, 3.05) is 6.61 Å². The van der Waals surface area contributed by atoms with Gasteiger partial charge in [0.15, 0.2) is 0 Å². The van der Waals surface area contributed by atoms with Crippen molar-refractivity contribution >= 4 is 0 Å². The van der Waals surface area contributed by atoms with Crippen LogP contribution in [0.4, 0.5) is 0 Å².